The van der Waals surface area contributed by atoms with Gasteiger partial charge >= 0.3 is 0 Å². The average Bonchev–Trinajstić information content (AvgIpc) is 3.06. The van der Waals surface area contributed by atoms with E-state index in [0.29, 0.717) is 11.9 Å². The van der Waals surface area contributed by atoms with Gasteiger partial charge in [0.2, 0.25) is 5.91 Å². The van der Waals surface area contributed by atoms with Crippen molar-refractivity contribution in [2.75, 3.05) is 5.32 Å². The third-order valence-corrected chi connectivity index (χ3v) is 4.63. The molecule has 0 aliphatic heterocycles. The van der Waals surface area contributed by atoms with Crippen LogP contribution in [0.5, 0.6) is 0 Å². The fourth-order valence-electron chi connectivity index (χ4n) is 2.54. The van der Waals surface area contributed by atoms with E-state index in [2.05, 4.69) is 17.2 Å². The molecular formula is C18H19N3O2S. The lowest BCUT2D eigenvalue weighted by molar-refractivity contribution is -0.116. The van der Waals surface area contributed by atoms with E-state index in [4.69, 9.17) is 0 Å². The van der Waals surface area contributed by atoms with Gasteiger partial charge in [-0.05, 0) is 35.6 Å². The summed E-state index contributed by atoms with van der Waals surface area (Å²) in [6.45, 7) is 2.46. The molecule has 2 heterocycles. The summed E-state index contributed by atoms with van der Waals surface area (Å²) in [5.41, 5.74) is 1.94. The van der Waals surface area contributed by atoms with E-state index in [1.165, 1.54) is 27.8 Å². The van der Waals surface area contributed by atoms with Crippen molar-refractivity contribution in [1.29, 1.82) is 0 Å². The van der Waals surface area contributed by atoms with Crippen LogP contribution in [0.15, 0.2) is 46.8 Å². The van der Waals surface area contributed by atoms with E-state index >= 15 is 0 Å². The molecule has 0 unspecified atom stereocenters. The highest BCUT2D eigenvalue weighted by molar-refractivity contribution is 7.16. The van der Waals surface area contributed by atoms with E-state index < -0.39 is 0 Å². The summed E-state index contributed by atoms with van der Waals surface area (Å²) in [6, 6.07) is 9.64. The number of hydrogen-bond acceptors (Lipinski definition) is 4. The number of rotatable bonds is 6. The first kappa shape index (κ1) is 16.4. The minimum atomic E-state index is -0.115. The summed E-state index contributed by atoms with van der Waals surface area (Å²) >= 11 is 1.44. The molecular weight excluding hydrogens is 322 g/mol. The Morgan fingerprint density at radius 1 is 1.25 bits per heavy atom. The first-order chi connectivity index (χ1) is 11.7. The number of hydrogen-bond donors (Lipinski definition) is 1. The molecule has 24 heavy (non-hydrogen) atoms. The number of thiophene rings is 1. The molecule has 1 N–H and O–H groups in total. The maximum absolute atomic E-state index is 12.3. The third-order valence-electron chi connectivity index (χ3n) is 3.81. The summed E-state index contributed by atoms with van der Waals surface area (Å²) < 4.78 is 1.49. The standard InChI is InChI=1S/C18H19N3O2S/c1-2-3-13-4-6-14(7-5-13)20-16(22)8-10-21-12-19-17-15(18(21)23)9-11-24-17/h4-7,9,11-12H,2-3,8,10H2,1H3,(H,20,22). The molecule has 6 heteroatoms. The summed E-state index contributed by atoms with van der Waals surface area (Å²) in [6.07, 6.45) is 3.88. The van der Waals surface area contributed by atoms with Gasteiger partial charge in [0.25, 0.3) is 5.56 Å². The van der Waals surface area contributed by atoms with Crippen LogP contribution in [0, 0.1) is 0 Å². The van der Waals surface area contributed by atoms with Crippen LogP contribution in [-0.2, 0) is 17.8 Å². The van der Waals surface area contributed by atoms with E-state index in [-0.39, 0.29) is 17.9 Å². The minimum Gasteiger partial charge on any atom is -0.326 e. The Labute approximate surface area is 144 Å². The van der Waals surface area contributed by atoms with Crippen LogP contribution >= 0.6 is 11.3 Å². The number of amides is 1. The topological polar surface area (TPSA) is 64.0 Å². The van der Waals surface area contributed by atoms with Gasteiger partial charge in [0.15, 0.2) is 0 Å². The molecule has 124 valence electrons. The molecule has 0 aliphatic carbocycles. The lowest BCUT2D eigenvalue weighted by Crippen LogP contribution is -2.23. The van der Waals surface area contributed by atoms with Crippen molar-refractivity contribution in [2.24, 2.45) is 0 Å². The van der Waals surface area contributed by atoms with Crippen LogP contribution < -0.4 is 10.9 Å². The number of aryl methyl sites for hydroxylation is 2. The van der Waals surface area contributed by atoms with E-state index in [1.807, 2.05) is 29.6 Å². The highest BCUT2D eigenvalue weighted by atomic mass is 32.1. The largest absolute Gasteiger partial charge is 0.326 e. The van der Waals surface area contributed by atoms with Crippen molar-refractivity contribution >= 4 is 33.1 Å². The Morgan fingerprint density at radius 2 is 2.04 bits per heavy atom. The van der Waals surface area contributed by atoms with Gasteiger partial charge in [-0.1, -0.05) is 25.5 Å². The second-order valence-corrected chi connectivity index (χ2v) is 6.52. The summed E-state index contributed by atoms with van der Waals surface area (Å²) in [7, 11) is 0. The highest BCUT2D eigenvalue weighted by Crippen LogP contribution is 2.14. The van der Waals surface area contributed by atoms with Gasteiger partial charge < -0.3 is 5.32 Å². The van der Waals surface area contributed by atoms with Gasteiger partial charge in [-0.2, -0.15) is 0 Å². The lowest BCUT2D eigenvalue weighted by atomic mass is 10.1. The highest BCUT2D eigenvalue weighted by Gasteiger charge is 2.07. The molecule has 0 aliphatic rings. The molecule has 0 atom stereocenters. The molecule has 0 spiro atoms. The molecule has 3 rings (SSSR count). The van der Waals surface area contributed by atoms with Crippen LogP contribution in [0.25, 0.3) is 10.2 Å². The van der Waals surface area contributed by atoms with Crippen molar-refractivity contribution in [1.82, 2.24) is 9.55 Å². The zero-order chi connectivity index (χ0) is 16.9. The lowest BCUT2D eigenvalue weighted by Gasteiger charge is -2.08. The number of carbonyl (C=O) groups excluding carboxylic acids is 1. The number of benzene rings is 1. The summed E-state index contributed by atoms with van der Waals surface area (Å²) in [4.78, 5) is 29.3. The van der Waals surface area contributed by atoms with Gasteiger partial charge in [0.1, 0.15) is 4.83 Å². The Bertz CT molecular complexity index is 897. The number of nitrogens with one attached hydrogen (secondary N) is 1. The third kappa shape index (κ3) is 3.71. The molecule has 0 saturated heterocycles. The fraction of sp³-hybridized carbons (Fsp3) is 0.278. The first-order valence-electron chi connectivity index (χ1n) is 7.99. The molecule has 1 amide bonds. The van der Waals surface area contributed by atoms with Crippen molar-refractivity contribution in [3.05, 3.63) is 58.0 Å². The van der Waals surface area contributed by atoms with Crippen LogP contribution in [0.3, 0.4) is 0 Å². The molecule has 0 radical (unpaired) electrons. The van der Waals surface area contributed by atoms with Crippen LogP contribution in [0.4, 0.5) is 5.69 Å². The minimum absolute atomic E-state index is 0.0991. The number of anilines is 1. The van der Waals surface area contributed by atoms with Crippen LogP contribution in [0.1, 0.15) is 25.3 Å². The maximum Gasteiger partial charge on any atom is 0.262 e. The molecule has 2 aromatic heterocycles. The normalized spacial score (nSPS) is 10.9. The summed E-state index contributed by atoms with van der Waals surface area (Å²) in [5, 5.41) is 5.31. The predicted molar refractivity (Wildman–Crippen MR) is 97.6 cm³/mol. The van der Waals surface area contributed by atoms with E-state index in [9.17, 15) is 9.59 Å². The Hall–Kier alpha value is -2.47. The predicted octanol–water partition coefficient (Wildman–Crippen LogP) is 3.44. The van der Waals surface area contributed by atoms with E-state index in [1.54, 1.807) is 6.07 Å². The maximum atomic E-state index is 12.3. The average molecular weight is 341 g/mol. The van der Waals surface area contributed by atoms with Gasteiger partial charge in [-0.15, -0.1) is 11.3 Å². The smallest absolute Gasteiger partial charge is 0.262 e. The Morgan fingerprint density at radius 3 is 2.79 bits per heavy atom. The SMILES string of the molecule is CCCc1ccc(NC(=O)CCn2cnc3sccc3c2=O)cc1. The second-order valence-electron chi connectivity index (χ2n) is 5.63. The van der Waals surface area contributed by atoms with Gasteiger partial charge in [-0.3, -0.25) is 14.2 Å². The van der Waals surface area contributed by atoms with Crippen molar-refractivity contribution in [3.8, 4) is 0 Å². The number of fused-ring (bicyclic) bond motifs is 1. The monoisotopic (exact) mass is 341 g/mol. The second kappa shape index (κ2) is 7.40. The van der Waals surface area contributed by atoms with E-state index in [0.717, 1.165) is 23.4 Å². The molecule has 5 nitrogen and oxygen atoms in total. The molecule has 0 fully saturated rings. The van der Waals surface area contributed by atoms with Crippen LogP contribution in [-0.4, -0.2) is 15.5 Å². The first-order valence-corrected chi connectivity index (χ1v) is 8.87. The van der Waals surface area contributed by atoms with Gasteiger partial charge in [0, 0.05) is 18.7 Å². The zero-order valence-corrected chi connectivity index (χ0v) is 14.3. The molecule has 0 bridgehead atoms. The zero-order valence-electron chi connectivity index (χ0n) is 13.5. The Balaban J connectivity index is 1.60. The molecule has 1 aromatic carbocycles. The van der Waals surface area contributed by atoms with Crippen LogP contribution in [0.2, 0.25) is 0 Å². The number of nitrogens with zero attached hydrogens (tertiary/aromatic N) is 2. The Kier molecular flexibility index (Phi) is 5.05. The van der Waals surface area contributed by atoms with Gasteiger partial charge in [0.05, 0.1) is 11.7 Å². The van der Waals surface area contributed by atoms with Gasteiger partial charge in [-0.25, -0.2) is 4.98 Å². The molecule has 3 aromatic rings. The molecule has 0 saturated carbocycles. The fourth-order valence-corrected chi connectivity index (χ4v) is 3.26. The van der Waals surface area contributed by atoms with Crippen molar-refractivity contribution in [3.63, 3.8) is 0 Å². The number of aromatic nitrogens is 2. The summed E-state index contributed by atoms with van der Waals surface area (Å²) in [5.74, 6) is -0.115. The van der Waals surface area contributed by atoms with Crippen molar-refractivity contribution in [2.45, 2.75) is 32.7 Å². The number of carbonyl (C=O) groups is 1. The quantitative estimate of drug-likeness (QED) is 0.747. The van der Waals surface area contributed by atoms with Crippen molar-refractivity contribution < 1.29 is 4.79 Å².